The lowest BCUT2D eigenvalue weighted by molar-refractivity contribution is 0.660. The molecule has 0 saturated heterocycles. The predicted octanol–water partition coefficient (Wildman–Crippen LogP) is 14.0. The van der Waals surface area contributed by atoms with Crippen molar-refractivity contribution in [3.05, 3.63) is 185 Å². The Labute approximate surface area is 309 Å². The van der Waals surface area contributed by atoms with E-state index in [1.165, 1.54) is 101 Å². The zero-order valence-electron chi connectivity index (χ0n) is 31.3. The molecule has 7 aromatic carbocycles. The molecule has 0 bridgehead atoms. The first-order valence-corrected chi connectivity index (χ1v) is 18.6. The topological polar surface area (TPSA) is 3.24 Å². The minimum absolute atomic E-state index is 0.111. The van der Waals surface area contributed by atoms with E-state index in [2.05, 4.69) is 199 Å². The number of hydrogen-bond acceptors (Lipinski definition) is 1. The molecule has 0 saturated carbocycles. The normalized spacial score (nSPS) is 14.4. The Morgan fingerprint density at radius 3 is 1.40 bits per heavy atom. The number of fused-ring (bicyclic) bond motifs is 6. The Hall–Kier alpha value is -5.66. The van der Waals surface area contributed by atoms with Crippen molar-refractivity contribution in [3.63, 3.8) is 0 Å². The first kappa shape index (κ1) is 32.3. The average molecular weight is 672 g/mol. The van der Waals surface area contributed by atoms with Crippen molar-refractivity contribution in [2.75, 3.05) is 4.90 Å². The molecule has 0 atom stereocenters. The minimum Gasteiger partial charge on any atom is -0.310 e. The molecule has 2 aliphatic rings. The fourth-order valence-corrected chi connectivity index (χ4v) is 9.19. The van der Waals surface area contributed by atoms with Crippen LogP contribution in [0.3, 0.4) is 0 Å². The number of anilines is 3. The molecule has 9 rings (SSSR count). The van der Waals surface area contributed by atoms with Gasteiger partial charge in [-0.05, 0) is 129 Å². The average Bonchev–Trinajstić information content (AvgIpc) is 3.52. The molecular weight excluding hydrogens is 627 g/mol. The number of hydrogen-bond donors (Lipinski definition) is 0. The largest absolute Gasteiger partial charge is 0.310 e. The number of aryl methyl sites for hydroxylation is 3. The van der Waals surface area contributed by atoms with Gasteiger partial charge in [0.15, 0.2) is 0 Å². The highest BCUT2D eigenvalue weighted by molar-refractivity contribution is 5.95. The Balaban J connectivity index is 1.32. The summed E-state index contributed by atoms with van der Waals surface area (Å²) in [4.78, 5) is 2.53. The van der Waals surface area contributed by atoms with Crippen LogP contribution in [0.5, 0.6) is 0 Å². The van der Waals surface area contributed by atoms with Crippen LogP contribution in [0.25, 0.3) is 44.5 Å². The van der Waals surface area contributed by atoms with Crippen molar-refractivity contribution < 1.29 is 0 Å². The summed E-state index contributed by atoms with van der Waals surface area (Å²) in [5, 5.41) is 0. The molecule has 254 valence electrons. The zero-order valence-corrected chi connectivity index (χ0v) is 31.3. The van der Waals surface area contributed by atoms with Crippen molar-refractivity contribution in [1.82, 2.24) is 0 Å². The van der Waals surface area contributed by atoms with Gasteiger partial charge in [0.2, 0.25) is 0 Å². The van der Waals surface area contributed by atoms with Crippen molar-refractivity contribution in [2.24, 2.45) is 0 Å². The summed E-state index contributed by atoms with van der Waals surface area (Å²) in [6, 6.07) is 54.9. The van der Waals surface area contributed by atoms with E-state index in [0.29, 0.717) is 0 Å². The first-order valence-electron chi connectivity index (χ1n) is 18.6. The maximum absolute atomic E-state index is 2.53. The highest BCUT2D eigenvalue weighted by Gasteiger charge is 2.38. The Bertz CT molecular complexity index is 2420. The minimum atomic E-state index is -0.111. The Kier molecular flexibility index (Phi) is 7.25. The quantitative estimate of drug-likeness (QED) is 0.176. The second-order valence-corrected chi connectivity index (χ2v) is 16.0. The molecule has 0 spiro atoms. The molecule has 7 aromatic rings. The molecule has 0 N–H and O–H groups in total. The van der Waals surface area contributed by atoms with Gasteiger partial charge in [-0.1, -0.05) is 142 Å². The molecule has 0 amide bonds. The molecule has 1 heteroatoms. The third-order valence-electron chi connectivity index (χ3n) is 12.0. The fourth-order valence-electron chi connectivity index (χ4n) is 9.19. The SMILES string of the molecule is Cc1ccc(-c2ccc(N(c3ccc4c(c3)C(C)(C)c3ccccc3-4)c3ccc4c(c3)C(C)(C)c3ccccc3-4)c(-c3c(C)cccc3C)c2)cc1. The van der Waals surface area contributed by atoms with Crippen LogP contribution >= 0.6 is 0 Å². The van der Waals surface area contributed by atoms with Crippen LogP contribution < -0.4 is 4.90 Å². The standard InChI is InChI=1S/C51H45N/c1-32-19-21-35(22-20-32)36-23-28-48(43(29-36)49-33(2)13-12-14-34(49)3)52(37-24-26-41-39-15-8-10-17-44(39)50(4,5)46(41)30-37)38-25-27-42-40-16-9-11-18-45(40)51(6,7)47(42)31-38/h8-31H,1-7H3. The fraction of sp³-hybridized carbons (Fsp3) is 0.176. The lowest BCUT2D eigenvalue weighted by Crippen LogP contribution is -2.18. The summed E-state index contributed by atoms with van der Waals surface area (Å²) in [5.74, 6) is 0. The van der Waals surface area contributed by atoms with E-state index in [1.807, 2.05) is 0 Å². The zero-order chi connectivity index (χ0) is 35.9. The van der Waals surface area contributed by atoms with E-state index >= 15 is 0 Å². The lowest BCUT2D eigenvalue weighted by atomic mass is 9.82. The molecule has 1 nitrogen and oxygen atoms in total. The van der Waals surface area contributed by atoms with Crippen LogP contribution in [0.4, 0.5) is 17.1 Å². The van der Waals surface area contributed by atoms with Crippen LogP contribution in [0, 0.1) is 20.8 Å². The molecule has 52 heavy (non-hydrogen) atoms. The molecule has 0 aromatic heterocycles. The van der Waals surface area contributed by atoms with Crippen LogP contribution in [0.15, 0.2) is 146 Å². The summed E-state index contributed by atoms with van der Waals surface area (Å²) in [6.45, 7) is 16.1. The smallest absolute Gasteiger partial charge is 0.0540 e. The number of benzene rings is 7. The summed E-state index contributed by atoms with van der Waals surface area (Å²) in [7, 11) is 0. The van der Waals surface area contributed by atoms with Crippen molar-refractivity contribution >= 4 is 17.1 Å². The lowest BCUT2D eigenvalue weighted by Gasteiger charge is -2.32. The van der Waals surface area contributed by atoms with Gasteiger partial charge in [0.1, 0.15) is 0 Å². The van der Waals surface area contributed by atoms with Gasteiger partial charge in [-0.15, -0.1) is 0 Å². The van der Waals surface area contributed by atoms with Crippen LogP contribution in [0.1, 0.15) is 66.6 Å². The van der Waals surface area contributed by atoms with Gasteiger partial charge in [-0.2, -0.15) is 0 Å². The van der Waals surface area contributed by atoms with Gasteiger partial charge in [-0.3, -0.25) is 0 Å². The van der Waals surface area contributed by atoms with E-state index in [0.717, 1.165) is 0 Å². The summed E-state index contributed by atoms with van der Waals surface area (Å²) >= 11 is 0. The predicted molar refractivity (Wildman–Crippen MR) is 221 cm³/mol. The second-order valence-electron chi connectivity index (χ2n) is 16.0. The summed E-state index contributed by atoms with van der Waals surface area (Å²) in [6.07, 6.45) is 0. The van der Waals surface area contributed by atoms with Gasteiger partial charge in [-0.25, -0.2) is 0 Å². The van der Waals surface area contributed by atoms with E-state index in [-0.39, 0.29) is 10.8 Å². The molecule has 0 radical (unpaired) electrons. The van der Waals surface area contributed by atoms with Crippen LogP contribution in [-0.4, -0.2) is 0 Å². The molecule has 0 heterocycles. The molecular formula is C51H45N. The molecule has 2 aliphatic carbocycles. The molecule has 0 unspecified atom stereocenters. The van der Waals surface area contributed by atoms with E-state index in [4.69, 9.17) is 0 Å². The van der Waals surface area contributed by atoms with Crippen LogP contribution in [0.2, 0.25) is 0 Å². The highest BCUT2D eigenvalue weighted by atomic mass is 15.1. The van der Waals surface area contributed by atoms with Gasteiger partial charge in [0.05, 0.1) is 5.69 Å². The van der Waals surface area contributed by atoms with Crippen molar-refractivity contribution in [2.45, 2.75) is 59.3 Å². The maximum Gasteiger partial charge on any atom is 0.0540 e. The summed E-state index contributed by atoms with van der Waals surface area (Å²) < 4.78 is 0. The monoisotopic (exact) mass is 671 g/mol. The van der Waals surface area contributed by atoms with Gasteiger partial charge in [0, 0.05) is 27.8 Å². The Morgan fingerprint density at radius 2 is 0.865 bits per heavy atom. The highest BCUT2D eigenvalue weighted by Crippen LogP contribution is 2.54. The maximum atomic E-state index is 2.53. The van der Waals surface area contributed by atoms with Gasteiger partial charge < -0.3 is 4.90 Å². The van der Waals surface area contributed by atoms with Crippen molar-refractivity contribution in [1.29, 1.82) is 0 Å². The van der Waals surface area contributed by atoms with E-state index < -0.39 is 0 Å². The van der Waals surface area contributed by atoms with Gasteiger partial charge in [0.25, 0.3) is 0 Å². The Morgan fingerprint density at radius 1 is 0.385 bits per heavy atom. The number of rotatable bonds is 5. The number of nitrogens with zero attached hydrogens (tertiary/aromatic N) is 1. The molecule has 0 fully saturated rings. The van der Waals surface area contributed by atoms with Gasteiger partial charge >= 0.3 is 0 Å². The third kappa shape index (κ3) is 4.83. The van der Waals surface area contributed by atoms with Crippen molar-refractivity contribution in [3.8, 4) is 44.5 Å². The third-order valence-corrected chi connectivity index (χ3v) is 12.0. The molecule has 0 aliphatic heterocycles. The van der Waals surface area contributed by atoms with E-state index in [9.17, 15) is 0 Å². The van der Waals surface area contributed by atoms with E-state index in [1.54, 1.807) is 0 Å². The summed E-state index contributed by atoms with van der Waals surface area (Å²) in [5.41, 5.74) is 23.0. The second kappa shape index (κ2) is 11.7. The first-order chi connectivity index (χ1) is 25.0. The van der Waals surface area contributed by atoms with Crippen LogP contribution in [-0.2, 0) is 10.8 Å².